The van der Waals surface area contributed by atoms with Crippen LogP contribution in [0.3, 0.4) is 0 Å². The zero-order valence-electron chi connectivity index (χ0n) is 10.0. The number of ether oxygens (including phenoxy) is 1. The summed E-state index contributed by atoms with van der Waals surface area (Å²) in [6, 6.07) is 0. The molecule has 0 bridgehead atoms. The number of hydrogen-bond donors (Lipinski definition) is 1. The molecule has 0 spiro atoms. The molecule has 0 heterocycles. The summed E-state index contributed by atoms with van der Waals surface area (Å²) in [5, 5.41) is 2.55. The van der Waals surface area contributed by atoms with Gasteiger partial charge in [0, 0.05) is 16.8 Å². The van der Waals surface area contributed by atoms with Gasteiger partial charge in [-0.05, 0) is 49.4 Å². The smallest absolute Gasteiger partial charge is 0.412 e. The lowest BCUT2D eigenvalue weighted by molar-refractivity contribution is 0.0548. The van der Waals surface area contributed by atoms with E-state index in [9.17, 15) is 4.79 Å². The van der Waals surface area contributed by atoms with Gasteiger partial charge in [0.25, 0.3) is 0 Å². The Hall–Kier alpha value is -0.850. The zero-order valence-corrected chi connectivity index (χ0v) is 12.2. The van der Waals surface area contributed by atoms with Gasteiger partial charge in [-0.15, -0.1) is 0 Å². The van der Waals surface area contributed by atoms with Crippen molar-refractivity contribution in [3.8, 4) is 0 Å². The molecule has 0 unspecified atom stereocenters. The molecular formula is C11H17IN2O2. The Morgan fingerprint density at radius 1 is 1.50 bits per heavy atom. The first-order chi connectivity index (χ1) is 7.26. The molecule has 0 aliphatic heterocycles. The molecule has 0 aromatic carbocycles. The third-order valence-corrected chi connectivity index (χ3v) is 2.32. The SMILES string of the molecule is C=C(NC(=O)OC(C)(C)C)/C(I)=C\C=NC. The molecule has 0 aromatic heterocycles. The second-order valence-corrected chi connectivity index (χ2v) is 5.19. The van der Waals surface area contributed by atoms with Crippen molar-refractivity contribution in [1.29, 1.82) is 0 Å². The van der Waals surface area contributed by atoms with E-state index in [2.05, 4.69) is 39.5 Å². The standard InChI is InChI=1S/C11H17IN2O2/c1-8(9(12)6-7-13-5)14-10(15)16-11(2,3)4/h6-7H,1H2,2-5H3,(H,14,15)/b9-6+,13-7?. The van der Waals surface area contributed by atoms with Crippen LogP contribution in [0.5, 0.6) is 0 Å². The monoisotopic (exact) mass is 336 g/mol. The van der Waals surface area contributed by atoms with E-state index in [1.807, 2.05) is 0 Å². The number of nitrogens with zero attached hydrogens (tertiary/aromatic N) is 1. The van der Waals surface area contributed by atoms with E-state index in [4.69, 9.17) is 4.74 Å². The van der Waals surface area contributed by atoms with Gasteiger partial charge < -0.3 is 4.74 Å². The summed E-state index contributed by atoms with van der Waals surface area (Å²) in [7, 11) is 1.67. The first kappa shape index (κ1) is 15.2. The molecule has 0 saturated carbocycles. The number of amides is 1. The maximum atomic E-state index is 11.4. The average Bonchev–Trinajstić information content (AvgIpc) is 2.10. The van der Waals surface area contributed by atoms with Gasteiger partial charge in [-0.25, -0.2) is 4.79 Å². The minimum Gasteiger partial charge on any atom is -0.444 e. The summed E-state index contributed by atoms with van der Waals surface area (Å²) >= 11 is 2.06. The number of allylic oxidation sites excluding steroid dienone is 2. The molecule has 0 fully saturated rings. The fraction of sp³-hybridized carbons (Fsp3) is 0.455. The number of carbonyl (C=O) groups is 1. The molecule has 16 heavy (non-hydrogen) atoms. The third kappa shape index (κ3) is 7.44. The number of alkyl carbamates (subject to hydrolysis) is 1. The minimum absolute atomic E-state index is 0.495. The van der Waals surface area contributed by atoms with Crippen LogP contribution in [0.25, 0.3) is 0 Å². The van der Waals surface area contributed by atoms with E-state index in [-0.39, 0.29) is 0 Å². The Morgan fingerprint density at radius 3 is 2.50 bits per heavy atom. The highest BCUT2D eigenvalue weighted by Gasteiger charge is 2.16. The Kier molecular flexibility index (Phi) is 6.32. The van der Waals surface area contributed by atoms with Gasteiger partial charge >= 0.3 is 6.09 Å². The lowest BCUT2D eigenvalue weighted by atomic mass is 10.2. The first-order valence-electron chi connectivity index (χ1n) is 4.73. The van der Waals surface area contributed by atoms with Crippen molar-refractivity contribution in [2.75, 3.05) is 7.05 Å². The third-order valence-electron chi connectivity index (χ3n) is 1.31. The Labute approximate surface area is 110 Å². The number of nitrogens with one attached hydrogen (secondary N) is 1. The van der Waals surface area contributed by atoms with Crippen LogP contribution in [0.15, 0.2) is 26.9 Å². The van der Waals surface area contributed by atoms with E-state index in [0.29, 0.717) is 5.70 Å². The Morgan fingerprint density at radius 2 is 2.06 bits per heavy atom. The lowest BCUT2D eigenvalue weighted by Gasteiger charge is -2.20. The van der Waals surface area contributed by atoms with E-state index in [0.717, 1.165) is 3.58 Å². The van der Waals surface area contributed by atoms with Gasteiger partial charge in [0.15, 0.2) is 0 Å². The van der Waals surface area contributed by atoms with Crippen molar-refractivity contribution in [1.82, 2.24) is 5.32 Å². The topological polar surface area (TPSA) is 50.7 Å². The summed E-state index contributed by atoms with van der Waals surface area (Å²) in [6.07, 6.45) is 2.87. The summed E-state index contributed by atoms with van der Waals surface area (Å²) in [5.41, 5.74) is -0.0144. The van der Waals surface area contributed by atoms with Crippen LogP contribution in [0.2, 0.25) is 0 Å². The van der Waals surface area contributed by atoms with Gasteiger partial charge in [-0.3, -0.25) is 10.3 Å². The van der Waals surface area contributed by atoms with Crippen molar-refractivity contribution < 1.29 is 9.53 Å². The second-order valence-electron chi connectivity index (χ2n) is 4.03. The molecule has 0 saturated heterocycles. The normalized spacial score (nSPS) is 12.7. The molecule has 0 aliphatic carbocycles. The molecule has 0 aromatic rings. The maximum Gasteiger partial charge on any atom is 0.412 e. The molecule has 4 nitrogen and oxygen atoms in total. The van der Waals surface area contributed by atoms with E-state index < -0.39 is 11.7 Å². The number of hydrogen-bond acceptors (Lipinski definition) is 3. The molecule has 0 aliphatic rings. The van der Waals surface area contributed by atoms with E-state index in [1.54, 1.807) is 40.1 Å². The fourth-order valence-corrected chi connectivity index (χ4v) is 1.02. The highest BCUT2D eigenvalue weighted by atomic mass is 127. The van der Waals surface area contributed by atoms with Crippen molar-refractivity contribution in [3.05, 3.63) is 21.9 Å². The van der Waals surface area contributed by atoms with E-state index in [1.165, 1.54) is 0 Å². The number of rotatable bonds is 3. The quantitative estimate of drug-likeness (QED) is 0.489. The first-order valence-corrected chi connectivity index (χ1v) is 5.81. The van der Waals surface area contributed by atoms with Crippen LogP contribution < -0.4 is 5.32 Å². The average molecular weight is 336 g/mol. The molecule has 1 amide bonds. The molecule has 0 rings (SSSR count). The van der Waals surface area contributed by atoms with Gasteiger partial charge in [0.1, 0.15) is 5.60 Å². The molecule has 90 valence electrons. The van der Waals surface area contributed by atoms with Crippen molar-refractivity contribution in [2.24, 2.45) is 4.99 Å². The molecular weight excluding hydrogens is 319 g/mol. The van der Waals surface area contributed by atoms with Crippen LogP contribution in [0.4, 0.5) is 4.79 Å². The van der Waals surface area contributed by atoms with E-state index >= 15 is 0 Å². The van der Waals surface area contributed by atoms with Crippen LogP contribution in [-0.4, -0.2) is 25.0 Å². The van der Waals surface area contributed by atoms with Crippen LogP contribution in [-0.2, 0) is 4.74 Å². The zero-order chi connectivity index (χ0) is 12.8. The maximum absolute atomic E-state index is 11.4. The summed E-state index contributed by atoms with van der Waals surface area (Å²) in [4.78, 5) is 15.2. The fourth-order valence-electron chi connectivity index (χ4n) is 0.727. The number of halogens is 1. The summed E-state index contributed by atoms with van der Waals surface area (Å²) in [5.74, 6) is 0. The Balaban J connectivity index is 4.31. The van der Waals surface area contributed by atoms with Crippen LogP contribution >= 0.6 is 22.6 Å². The summed E-state index contributed by atoms with van der Waals surface area (Å²) in [6.45, 7) is 9.14. The molecule has 5 heteroatoms. The van der Waals surface area contributed by atoms with Crippen molar-refractivity contribution >= 4 is 34.9 Å². The van der Waals surface area contributed by atoms with Crippen LogP contribution in [0, 0.1) is 0 Å². The van der Waals surface area contributed by atoms with Gasteiger partial charge in [-0.1, -0.05) is 6.58 Å². The highest BCUT2D eigenvalue weighted by Crippen LogP contribution is 2.14. The molecule has 0 radical (unpaired) electrons. The van der Waals surface area contributed by atoms with Gasteiger partial charge in [0.05, 0.1) is 5.70 Å². The largest absolute Gasteiger partial charge is 0.444 e. The number of aliphatic imine (C=N–C) groups is 1. The van der Waals surface area contributed by atoms with Crippen molar-refractivity contribution in [3.63, 3.8) is 0 Å². The lowest BCUT2D eigenvalue weighted by Crippen LogP contribution is -2.31. The minimum atomic E-state index is -0.510. The molecule has 1 N–H and O–H groups in total. The predicted molar refractivity (Wildman–Crippen MR) is 75.0 cm³/mol. The second kappa shape index (κ2) is 6.67. The predicted octanol–water partition coefficient (Wildman–Crippen LogP) is 3.04. The Bertz CT molecular complexity index is 327. The van der Waals surface area contributed by atoms with Crippen molar-refractivity contribution in [2.45, 2.75) is 26.4 Å². The number of carbonyl (C=O) groups excluding carboxylic acids is 1. The highest BCUT2D eigenvalue weighted by molar-refractivity contribution is 14.1. The van der Waals surface area contributed by atoms with Gasteiger partial charge in [0.2, 0.25) is 0 Å². The van der Waals surface area contributed by atoms with Crippen LogP contribution in [0.1, 0.15) is 20.8 Å². The molecule has 0 atom stereocenters. The summed E-state index contributed by atoms with van der Waals surface area (Å²) < 4.78 is 5.89. The van der Waals surface area contributed by atoms with Gasteiger partial charge in [-0.2, -0.15) is 0 Å².